The molecule has 0 bridgehead atoms. The molecule has 3 aromatic rings. The predicted molar refractivity (Wildman–Crippen MR) is 113 cm³/mol. The molecule has 1 saturated heterocycles. The molecule has 2 aromatic heterocycles. The Bertz CT molecular complexity index is 985. The highest BCUT2D eigenvalue weighted by molar-refractivity contribution is 5.92. The minimum absolute atomic E-state index is 0.00645. The maximum atomic E-state index is 12.7. The number of hydrogen-bond donors (Lipinski definition) is 1. The summed E-state index contributed by atoms with van der Waals surface area (Å²) in [6.07, 6.45) is 8.84. The summed E-state index contributed by atoms with van der Waals surface area (Å²) >= 11 is 0. The van der Waals surface area contributed by atoms with Crippen molar-refractivity contribution in [3.05, 3.63) is 60.7 Å². The summed E-state index contributed by atoms with van der Waals surface area (Å²) in [6.45, 7) is 3.98. The standard InChI is InChI=1S/C22H26N6O2/c1-2-27-16-19(15-24-27)25-22(30)18-8-12-26(13-9-18)21(29)14-17-4-6-20(7-5-17)28-11-3-10-23-28/h3-7,10-11,15-16,18H,2,8-9,12-14H2,1H3,(H,25,30). The van der Waals surface area contributed by atoms with Crippen molar-refractivity contribution in [2.24, 2.45) is 5.92 Å². The first kappa shape index (κ1) is 19.9. The molecule has 1 fully saturated rings. The number of aromatic nitrogens is 4. The first-order chi connectivity index (χ1) is 14.6. The van der Waals surface area contributed by atoms with Crippen molar-refractivity contribution >= 4 is 17.5 Å². The Morgan fingerprint density at radius 2 is 1.90 bits per heavy atom. The second kappa shape index (κ2) is 8.94. The third kappa shape index (κ3) is 4.59. The number of rotatable bonds is 6. The summed E-state index contributed by atoms with van der Waals surface area (Å²) in [7, 11) is 0. The Kier molecular flexibility index (Phi) is 5.92. The number of nitrogens with one attached hydrogen (secondary N) is 1. The van der Waals surface area contributed by atoms with Crippen LogP contribution in [-0.2, 0) is 22.6 Å². The molecule has 2 amide bonds. The molecular formula is C22H26N6O2. The Morgan fingerprint density at radius 3 is 2.53 bits per heavy atom. The minimum Gasteiger partial charge on any atom is -0.342 e. The maximum absolute atomic E-state index is 12.7. The monoisotopic (exact) mass is 406 g/mol. The zero-order valence-corrected chi connectivity index (χ0v) is 17.1. The molecule has 156 valence electrons. The molecule has 3 heterocycles. The number of carbonyl (C=O) groups is 2. The number of benzene rings is 1. The van der Waals surface area contributed by atoms with E-state index in [9.17, 15) is 9.59 Å². The van der Waals surface area contributed by atoms with E-state index in [1.807, 2.05) is 54.5 Å². The van der Waals surface area contributed by atoms with Crippen LogP contribution in [0.5, 0.6) is 0 Å². The van der Waals surface area contributed by atoms with Crippen LogP contribution in [0.4, 0.5) is 5.69 Å². The van der Waals surface area contributed by atoms with Crippen LogP contribution in [0.15, 0.2) is 55.1 Å². The highest BCUT2D eigenvalue weighted by atomic mass is 16.2. The number of piperidine rings is 1. The molecule has 0 atom stereocenters. The lowest BCUT2D eigenvalue weighted by molar-refractivity contribution is -0.133. The van der Waals surface area contributed by atoms with Crippen molar-refractivity contribution in [1.29, 1.82) is 0 Å². The van der Waals surface area contributed by atoms with E-state index in [-0.39, 0.29) is 17.7 Å². The van der Waals surface area contributed by atoms with Crippen LogP contribution in [0.2, 0.25) is 0 Å². The largest absolute Gasteiger partial charge is 0.342 e. The number of amides is 2. The Labute approximate surface area is 175 Å². The van der Waals surface area contributed by atoms with Crippen LogP contribution in [0, 0.1) is 5.92 Å². The maximum Gasteiger partial charge on any atom is 0.227 e. The summed E-state index contributed by atoms with van der Waals surface area (Å²) in [5, 5.41) is 11.3. The third-order valence-electron chi connectivity index (χ3n) is 5.50. The van der Waals surface area contributed by atoms with E-state index >= 15 is 0 Å². The van der Waals surface area contributed by atoms with Gasteiger partial charge in [0.1, 0.15) is 0 Å². The lowest BCUT2D eigenvalue weighted by Crippen LogP contribution is -2.42. The molecule has 0 saturated carbocycles. The quantitative estimate of drug-likeness (QED) is 0.682. The van der Waals surface area contributed by atoms with E-state index in [1.54, 1.807) is 21.8 Å². The van der Waals surface area contributed by atoms with Gasteiger partial charge < -0.3 is 10.2 Å². The molecule has 0 radical (unpaired) electrons. The molecule has 4 rings (SSSR count). The zero-order chi connectivity index (χ0) is 20.9. The number of hydrogen-bond acceptors (Lipinski definition) is 4. The van der Waals surface area contributed by atoms with Crippen molar-refractivity contribution in [2.75, 3.05) is 18.4 Å². The summed E-state index contributed by atoms with van der Waals surface area (Å²) in [5.41, 5.74) is 2.66. The third-order valence-corrected chi connectivity index (χ3v) is 5.50. The van der Waals surface area contributed by atoms with E-state index in [0.717, 1.165) is 23.5 Å². The predicted octanol–water partition coefficient (Wildman–Crippen LogP) is 2.51. The van der Waals surface area contributed by atoms with Gasteiger partial charge in [-0.1, -0.05) is 12.1 Å². The van der Waals surface area contributed by atoms with Crippen molar-refractivity contribution in [3.63, 3.8) is 0 Å². The molecule has 0 spiro atoms. The highest BCUT2D eigenvalue weighted by Gasteiger charge is 2.27. The van der Waals surface area contributed by atoms with Gasteiger partial charge in [-0.15, -0.1) is 0 Å². The fraction of sp³-hybridized carbons (Fsp3) is 0.364. The van der Waals surface area contributed by atoms with E-state index in [2.05, 4.69) is 15.5 Å². The second-order valence-corrected chi connectivity index (χ2v) is 7.52. The Hall–Kier alpha value is -3.42. The Morgan fingerprint density at radius 1 is 1.13 bits per heavy atom. The van der Waals surface area contributed by atoms with Gasteiger partial charge in [0.2, 0.25) is 11.8 Å². The summed E-state index contributed by atoms with van der Waals surface area (Å²) in [5.74, 6) is 0.0317. The van der Waals surface area contributed by atoms with Gasteiger partial charge in [-0.25, -0.2) is 4.68 Å². The van der Waals surface area contributed by atoms with Gasteiger partial charge in [0.25, 0.3) is 0 Å². The second-order valence-electron chi connectivity index (χ2n) is 7.52. The number of carbonyl (C=O) groups excluding carboxylic acids is 2. The van der Waals surface area contributed by atoms with Crippen molar-refractivity contribution < 1.29 is 9.59 Å². The molecule has 1 aliphatic heterocycles. The van der Waals surface area contributed by atoms with E-state index < -0.39 is 0 Å². The smallest absolute Gasteiger partial charge is 0.227 e. The molecule has 0 unspecified atom stereocenters. The lowest BCUT2D eigenvalue weighted by Gasteiger charge is -2.31. The molecule has 30 heavy (non-hydrogen) atoms. The van der Waals surface area contributed by atoms with Gasteiger partial charge in [0, 0.05) is 44.1 Å². The molecular weight excluding hydrogens is 380 g/mol. The molecule has 1 aromatic carbocycles. The fourth-order valence-electron chi connectivity index (χ4n) is 3.71. The summed E-state index contributed by atoms with van der Waals surface area (Å²) in [6, 6.07) is 9.73. The van der Waals surface area contributed by atoms with Crippen molar-refractivity contribution in [3.8, 4) is 5.69 Å². The first-order valence-corrected chi connectivity index (χ1v) is 10.3. The number of aryl methyl sites for hydroxylation is 1. The molecule has 1 aliphatic rings. The van der Waals surface area contributed by atoms with Crippen LogP contribution in [0.3, 0.4) is 0 Å². The van der Waals surface area contributed by atoms with Gasteiger partial charge in [0.15, 0.2) is 0 Å². The molecule has 1 N–H and O–H groups in total. The van der Waals surface area contributed by atoms with E-state index in [0.29, 0.717) is 32.4 Å². The van der Waals surface area contributed by atoms with Crippen LogP contribution in [0.25, 0.3) is 5.69 Å². The average Bonchev–Trinajstić information content (AvgIpc) is 3.46. The van der Waals surface area contributed by atoms with Crippen molar-refractivity contribution in [2.45, 2.75) is 32.7 Å². The number of nitrogens with zero attached hydrogens (tertiary/aromatic N) is 5. The van der Waals surface area contributed by atoms with Gasteiger partial charge >= 0.3 is 0 Å². The number of anilines is 1. The summed E-state index contributed by atoms with van der Waals surface area (Å²) < 4.78 is 3.56. The molecule has 8 heteroatoms. The lowest BCUT2D eigenvalue weighted by atomic mass is 9.95. The van der Waals surface area contributed by atoms with Gasteiger partial charge in [-0.3, -0.25) is 14.3 Å². The normalized spacial score (nSPS) is 14.6. The van der Waals surface area contributed by atoms with Crippen molar-refractivity contribution in [1.82, 2.24) is 24.5 Å². The SMILES string of the molecule is CCn1cc(NC(=O)C2CCN(C(=O)Cc3ccc(-n4cccn4)cc3)CC2)cn1. The highest BCUT2D eigenvalue weighted by Crippen LogP contribution is 2.20. The summed E-state index contributed by atoms with van der Waals surface area (Å²) in [4.78, 5) is 27.0. The van der Waals surface area contributed by atoms with Gasteiger partial charge in [0.05, 0.1) is 24.0 Å². The fourth-order valence-corrected chi connectivity index (χ4v) is 3.71. The van der Waals surface area contributed by atoms with Crippen LogP contribution in [-0.4, -0.2) is 49.4 Å². The zero-order valence-electron chi connectivity index (χ0n) is 17.1. The molecule has 0 aliphatic carbocycles. The van der Waals surface area contributed by atoms with Crippen LogP contribution < -0.4 is 5.32 Å². The molecule has 8 nitrogen and oxygen atoms in total. The van der Waals surface area contributed by atoms with Gasteiger partial charge in [-0.2, -0.15) is 10.2 Å². The number of likely N-dealkylation sites (tertiary alicyclic amines) is 1. The van der Waals surface area contributed by atoms with E-state index in [1.165, 1.54) is 0 Å². The minimum atomic E-state index is -0.0765. The Balaban J connectivity index is 1.26. The van der Waals surface area contributed by atoms with E-state index in [4.69, 9.17) is 0 Å². The average molecular weight is 406 g/mol. The van der Waals surface area contributed by atoms with Crippen LogP contribution in [0.1, 0.15) is 25.3 Å². The first-order valence-electron chi connectivity index (χ1n) is 10.3. The van der Waals surface area contributed by atoms with Gasteiger partial charge in [-0.05, 0) is 43.5 Å². The topological polar surface area (TPSA) is 85.0 Å². The van der Waals surface area contributed by atoms with Crippen LogP contribution >= 0.6 is 0 Å².